The Hall–Kier alpha value is -14.3. The number of hydrogen-bond acceptors (Lipinski definition) is 28. The van der Waals surface area contributed by atoms with Crippen molar-refractivity contribution in [2.45, 2.75) is 77.8 Å². The molecule has 0 spiro atoms. The quantitative estimate of drug-likeness (QED) is 0.0104. The Kier molecular flexibility index (Phi) is 40.7. The van der Waals surface area contributed by atoms with Crippen LogP contribution in [0.15, 0.2) is 276 Å². The molecule has 4 unspecified atom stereocenters. The highest BCUT2D eigenvalue weighted by Crippen LogP contribution is 2.44. The minimum absolute atomic E-state index is 0. The van der Waals surface area contributed by atoms with E-state index < -0.39 is 18.3 Å². The third kappa shape index (κ3) is 28.3. The lowest BCUT2D eigenvalue weighted by Crippen LogP contribution is -2.13. The van der Waals surface area contributed by atoms with Crippen LogP contribution in [0.5, 0.6) is 69.0 Å². The Morgan fingerprint density at radius 3 is 0.939 bits per heavy atom. The number of carbonyl (C=O) groups is 3. The first kappa shape index (κ1) is 111. The molecule has 768 valence electrons. The highest BCUT2D eigenvalue weighted by molar-refractivity contribution is 9.09. The third-order valence-corrected chi connectivity index (χ3v) is 27.8. The van der Waals surface area contributed by atoms with Crippen LogP contribution in [0.2, 0.25) is 0 Å². The summed E-state index contributed by atoms with van der Waals surface area (Å²) in [5.74, 6) is 5.20. The highest BCUT2D eigenvalue weighted by atomic mass is 79.9. The Bertz CT molecular complexity index is 7380. The molecule has 18 aromatic rings. The lowest BCUT2D eigenvalue weighted by atomic mass is 10.0. The van der Waals surface area contributed by atoms with E-state index in [1.165, 1.54) is 98.1 Å². The molecule has 8 aromatic heterocycles. The molecule has 10 aromatic carbocycles. The van der Waals surface area contributed by atoms with E-state index in [9.17, 15) is 47.3 Å². The Morgan fingerprint density at radius 2 is 0.642 bits per heavy atom. The normalized spacial score (nSPS) is 11.5. The number of fused-ring (bicyclic) bond motifs is 4. The summed E-state index contributed by atoms with van der Waals surface area (Å²) in [6.45, 7) is 1.67. The van der Waals surface area contributed by atoms with Gasteiger partial charge in [0.15, 0.2) is 40.3 Å². The number of aliphatic hydroxyl groups is 3. The van der Waals surface area contributed by atoms with Gasteiger partial charge >= 0.3 is 0 Å². The lowest BCUT2D eigenvalue weighted by Gasteiger charge is -2.15. The molecule has 0 aliphatic heterocycles. The number of ketones is 3. The van der Waals surface area contributed by atoms with Crippen LogP contribution >= 0.6 is 70.5 Å². The van der Waals surface area contributed by atoms with Crippen molar-refractivity contribution in [2.24, 2.45) is 5.73 Å². The number of aromatic nitrogens is 4. The molecule has 0 saturated heterocycles. The van der Waals surface area contributed by atoms with Gasteiger partial charge in [-0.15, -0.1) is 54.6 Å². The van der Waals surface area contributed by atoms with Crippen molar-refractivity contribution in [1.82, 2.24) is 26.1 Å². The molecule has 0 bridgehead atoms. The summed E-state index contributed by atoms with van der Waals surface area (Å²) >= 11 is 8.52. The van der Waals surface area contributed by atoms with Crippen molar-refractivity contribution in [3.8, 4) is 114 Å². The van der Waals surface area contributed by atoms with E-state index in [0.29, 0.717) is 152 Å². The van der Waals surface area contributed by atoms with E-state index in [1.807, 2.05) is 149 Å². The maximum Gasteiger partial charge on any atom is 0.181 e. The summed E-state index contributed by atoms with van der Waals surface area (Å²) in [6, 6.07) is 73.6. The van der Waals surface area contributed by atoms with E-state index in [1.54, 1.807) is 132 Å². The van der Waals surface area contributed by atoms with E-state index in [0.717, 1.165) is 78.1 Å². The van der Waals surface area contributed by atoms with Gasteiger partial charge < -0.3 is 84.0 Å². The van der Waals surface area contributed by atoms with Crippen molar-refractivity contribution in [1.29, 1.82) is 0 Å². The van der Waals surface area contributed by atoms with Crippen LogP contribution in [0.4, 0.5) is 17.6 Å². The molecule has 34 heteroatoms. The number of carbonyl (C=O) groups excluding carboxylic acids is 3. The van der Waals surface area contributed by atoms with Crippen molar-refractivity contribution in [3.63, 3.8) is 0 Å². The van der Waals surface area contributed by atoms with Crippen LogP contribution in [0.25, 0.3) is 85.4 Å². The molecule has 0 amide bonds. The number of hydrogen-bond donors (Lipinski definition) is 5. The predicted octanol–water partition coefficient (Wildman–Crippen LogP) is 27.0. The van der Waals surface area contributed by atoms with Gasteiger partial charge in [0, 0.05) is 157 Å². The number of methoxy groups -OCH3 is 8. The van der Waals surface area contributed by atoms with Crippen LogP contribution in [0.3, 0.4) is 0 Å². The van der Waals surface area contributed by atoms with Gasteiger partial charge in [0.1, 0.15) is 114 Å². The highest BCUT2D eigenvalue weighted by Gasteiger charge is 2.26. The van der Waals surface area contributed by atoms with Gasteiger partial charge in [-0.1, -0.05) is 127 Å². The van der Waals surface area contributed by atoms with Gasteiger partial charge in [-0.2, -0.15) is 0 Å². The largest absolute Gasteiger partial charge is 0.497 e. The van der Waals surface area contributed by atoms with Crippen molar-refractivity contribution < 1.29 is 105 Å². The molecule has 8 N–H and O–H groups in total. The number of rotatable bonds is 38. The van der Waals surface area contributed by atoms with Gasteiger partial charge in [-0.05, 0) is 138 Å². The molecule has 0 aliphatic rings. The van der Waals surface area contributed by atoms with Crippen LogP contribution in [0, 0.1) is 23.3 Å². The minimum Gasteiger partial charge on any atom is -0.497 e. The summed E-state index contributed by atoms with van der Waals surface area (Å²) in [7, 11) is 14.7. The van der Waals surface area contributed by atoms with Crippen LogP contribution in [0.1, 0.15) is 123 Å². The average molecular weight is 2170 g/mol. The topological polar surface area (TPSA) is 335 Å². The first-order chi connectivity index (χ1) is 71.4. The van der Waals surface area contributed by atoms with Gasteiger partial charge in [-0.3, -0.25) is 14.4 Å². The molecular formula is C114H110BrF4N6O18PS4. The summed E-state index contributed by atoms with van der Waals surface area (Å²) in [4.78, 5) is 57.7. The van der Waals surface area contributed by atoms with E-state index in [2.05, 4.69) is 40.1 Å². The molecule has 4 atom stereocenters. The van der Waals surface area contributed by atoms with E-state index >= 15 is 0 Å². The summed E-state index contributed by atoms with van der Waals surface area (Å²) in [6.07, 6.45) is -2.60. The first-order valence-corrected chi connectivity index (χ1v) is 50.9. The molecule has 0 fully saturated rings. The number of aliphatic hydroxyl groups excluding tert-OH is 3. The molecule has 0 aliphatic carbocycles. The average Bonchev–Trinajstić information content (AvgIpc) is 1.66. The second-order valence-electron chi connectivity index (χ2n) is 32.4. The van der Waals surface area contributed by atoms with Crippen molar-refractivity contribution >= 4 is 128 Å². The number of benzene rings is 10. The fourth-order valence-electron chi connectivity index (χ4n) is 15.3. The number of thiophene rings is 4. The smallest absolute Gasteiger partial charge is 0.181 e. The second kappa shape index (κ2) is 54.4. The standard InChI is InChI=1S/C33H30FNO6S.C33H28FNO6S.C23H19BrFNO3S.C23H21FN2O3S.CH5P.CH4.H3N/c2*1-38-22-10-7-20(8-11-22)18-41-23-16-27(25-19-42-33-24(25)5-4-6-26(33)34)35-28(17-23)30(37)13-12-29(36)21-9-14-31(39-2)32(15-21)40-3;1-28-15-7-5-14(6-8-15)12-29-16-9-20(26-21(10-16)22(27)11-24)18-13-30-23-17(18)3-2-4-19(23)25;1-28-15-7-5-14(6-8-15)12-29-16-9-20(26-21(10-16)22(27)11-25)18-13-30-23-17(18)3-2-4-19(23)24;1-2;;/h4-11,14-17,19,30,37H,12-13,18H2,1-3H3;4-11,14-17,19H,12-13,18H2,1-3H3;2-10,13,22,27H,11-12H2,1H3;2-10,13,22,27H,11-12,25H2,1H3;2H2,1H3;1H4;1H3/i;;;;1D;;. The molecule has 0 saturated carbocycles. The van der Waals surface area contributed by atoms with Gasteiger partial charge in [0.05, 0.1) is 122 Å². The SMILES string of the molecule is C.COc1ccc(COc2cc(-c3csc4c(F)cccc34)nc(C(O)CBr)c2)cc1.COc1ccc(COc2cc(-c3csc4c(F)cccc34)nc(C(O)CCC(=O)c3ccc(OC)c(OC)c3)c2)cc1.COc1ccc(COc2cc(-c3csc4c(F)cccc34)nc(C(O)CN)c2)cc1.COc1ccc(COc2cc(C(=O)CCC(=O)c3ccc(OC)c(OC)c3)nc(-c3csc4c(F)cccc34)c2)cc1.N.[2H]CP. The van der Waals surface area contributed by atoms with Gasteiger partial charge in [-0.25, -0.2) is 37.5 Å². The number of alkyl halides is 1. The zero-order valence-corrected chi connectivity index (χ0v) is 87.2. The lowest BCUT2D eigenvalue weighted by molar-refractivity contribution is 0.0914. The van der Waals surface area contributed by atoms with E-state index in [4.69, 9.17) is 68.9 Å². The maximum absolute atomic E-state index is 14.4. The van der Waals surface area contributed by atoms with Crippen molar-refractivity contribution in [2.75, 3.05) is 75.4 Å². The summed E-state index contributed by atoms with van der Waals surface area (Å²) < 4.78 is 132. The number of Topliss-reactive ketones (excluding diaryl/α,β-unsaturated/α-hetero) is 3. The fourth-order valence-corrected chi connectivity index (χ4v) is 19.5. The number of nitrogens with two attached hydrogens (primary N) is 1. The van der Waals surface area contributed by atoms with Crippen LogP contribution in [-0.2, 0) is 26.4 Å². The van der Waals surface area contributed by atoms with Crippen LogP contribution in [-0.4, -0.2) is 128 Å². The van der Waals surface area contributed by atoms with Crippen molar-refractivity contribution in [3.05, 3.63) is 356 Å². The molecule has 0 radical (unpaired) electrons. The molecular weight excluding hydrogens is 2060 g/mol. The Balaban J connectivity index is 0.000000176. The van der Waals surface area contributed by atoms with Gasteiger partial charge in [0.2, 0.25) is 0 Å². The molecule has 18 rings (SSSR count). The number of halogens is 5. The summed E-state index contributed by atoms with van der Waals surface area (Å²) in [5.41, 5.74) is 17.0. The molecule has 8 heterocycles. The third-order valence-electron chi connectivity index (χ3n) is 23.1. The van der Waals surface area contributed by atoms with Gasteiger partial charge in [0.25, 0.3) is 0 Å². The minimum atomic E-state index is -1.04. The molecule has 148 heavy (non-hydrogen) atoms. The predicted molar refractivity (Wildman–Crippen MR) is 585 cm³/mol. The zero-order chi connectivity index (χ0) is 104. The van der Waals surface area contributed by atoms with Crippen LogP contribution < -0.4 is 68.7 Å². The number of ether oxygens (including phenoxy) is 12. The fraction of sp³-hybridized carbons (Fsp3) is 0.202. The second-order valence-corrected chi connectivity index (χ2v) is 36.6. The Morgan fingerprint density at radius 1 is 0.358 bits per heavy atom. The zero-order valence-electron chi connectivity index (χ0n) is 82.2. The molecule has 24 nitrogen and oxygen atoms in total. The number of pyridine rings is 4. The summed E-state index contributed by atoms with van der Waals surface area (Å²) in [5, 5.41) is 42.5. The van der Waals surface area contributed by atoms with E-state index in [-0.39, 0.29) is 105 Å². The maximum atomic E-state index is 14.4. The number of nitrogens with zero attached hydrogens (tertiary/aromatic N) is 4. The first-order valence-electron chi connectivity index (χ1n) is 46.2. The monoisotopic (exact) mass is 2170 g/mol. The Labute approximate surface area is 882 Å².